The average Bonchev–Trinajstić information content (AvgIpc) is 3.67. The third kappa shape index (κ3) is 4.22. The Balaban J connectivity index is 1.25. The lowest BCUT2D eigenvalue weighted by Crippen LogP contribution is -1.95. The van der Waals surface area contributed by atoms with Crippen LogP contribution >= 0.6 is 0 Å². The van der Waals surface area contributed by atoms with E-state index in [1.165, 1.54) is 16.3 Å². The zero-order chi connectivity index (χ0) is 32.2. The first kappa shape index (κ1) is 27.4. The molecule has 0 N–H and O–H groups in total. The van der Waals surface area contributed by atoms with Crippen LogP contribution in [0.15, 0.2) is 158 Å². The molecule has 7 aromatic carbocycles. The van der Waals surface area contributed by atoms with Crippen molar-refractivity contribution >= 4 is 49.3 Å². The summed E-state index contributed by atoms with van der Waals surface area (Å²) in [5, 5.41) is 14.1. The third-order valence-electron chi connectivity index (χ3n) is 9.33. The highest BCUT2D eigenvalue weighted by Crippen LogP contribution is 2.40. The minimum atomic E-state index is 0.642. The largest absolute Gasteiger partial charge is 0.309 e. The van der Waals surface area contributed by atoms with Gasteiger partial charge in [0.25, 0.3) is 0 Å². The van der Waals surface area contributed by atoms with Crippen LogP contribution in [-0.4, -0.2) is 9.13 Å². The van der Waals surface area contributed by atoms with Crippen LogP contribution in [0.3, 0.4) is 0 Å². The van der Waals surface area contributed by atoms with Crippen LogP contribution in [0.4, 0.5) is 5.69 Å². The van der Waals surface area contributed by atoms with Gasteiger partial charge >= 0.3 is 0 Å². The molecule has 0 atom stereocenters. The fourth-order valence-electron chi connectivity index (χ4n) is 7.25. The zero-order valence-corrected chi connectivity index (χ0v) is 25.8. The highest BCUT2D eigenvalue weighted by Gasteiger charge is 2.18. The number of hydrogen-bond acceptors (Lipinski definition) is 1. The summed E-state index contributed by atoms with van der Waals surface area (Å²) < 4.78 is 4.65. The summed E-state index contributed by atoms with van der Waals surface area (Å²) in [6, 6.07) is 56.9. The summed E-state index contributed by atoms with van der Waals surface area (Å²) in [6.45, 7) is 7.57. The summed E-state index contributed by atoms with van der Waals surface area (Å²) in [6.07, 6.45) is 0. The normalized spacial score (nSPS) is 11.3. The molecule has 0 aliphatic rings. The molecule has 2 aromatic heterocycles. The number of fused-ring (bicyclic) bond motifs is 6. The molecule has 4 nitrogen and oxygen atoms in total. The zero-order valence-electron chi connectivity index (χ0n) is 25.8. The molecule has 0 radical (unpaired) electrons. The van der Waals surface area contributed by atoms with Crippen LogP contribution in [0.5, 0.6) is 0 Å². The maximum absolute atomic E-state index is 9.49. The summed E-state index contributed by atoms with van der Waals surface area (Å²) in [5.41, 5.74) is 12.3. The van der Waals surface area contributed by atoms with E-state index in [1.54, 1.807) is 0 Å². The van der Waals surface area contributed by atoms with Crippen LogP contribution < -0.4 is 0 Å². The van der Waals surface area contributed by atoms with Crippen LogP contribution in [0.1, 0.15) is 5.56 Å². The molecule has 0 aliphatic heterocycles. The standard InChI is InChI=1S/C44H26N4/c1-46-33-22-23-42-39(27-33)37-16-2-4-19-40(37)47(42)35-15-8-13-32(26-35)36-18-9-21-43-44(36)38-17-3-5-20-41(38)48(43)34-14-7-12-31(25-34)30-11-6-10-29(24-30)28-45/h2-27H. The third-order valence-corrected chi connectivity index (χ3v) is 9.33. The molecule has 48 heavy (non-hydrogen) atoms. The van der Waals surface area contributed by atoms with Crippen molar-refractivity contribution < 1.29 is 0 Å². The fourth-order valence-corrected chi connectivity index (χ4v) is 7.25. The van der Waals surface area contributed by atoms with Crippen LogP contribution in [0.25, 0.3) is 82.1 Å². The fraction of sp³-hybridized carbons (Fsp3) is 0. The van der Waals surface area contributed by atoms with E-state index < -0.39 is 0 Å². The Bertz CT molecular complexity index is 2820. The van der Waals surface area contributed by atoms with E-state index in [0.717, 1.165) is 60.9 Å². The van der Waals surface area contributed by atoms with E-state index in [4.69, 9.17) is 6.57 Å². The second-order valence-corrected chi connectivity index (χ2v) is 12.0. The molecular formula is C44H26N4. The molecule has 0 saturated carbocycles. The number of para-hydroxylation sites is 2. The van der Waals surface area contributed by atoms with Crippen molar-refractivity contribution in [3.63, 3.8) is 0 Å². The van der Waals surface area contributed by atoms with Crippen molar-refractivity contribution in [2.75, 3.05) is 0 Å². The topological polar surface area (TPSA) is 38.0 Å². The van der Waals surface area contributed by atoms with Gasteiger partial charge in [0.2, 0.25) is 0 Å². The van der Waals surface area contributed by atoms with E-state index in [-0.39, 0.29) is 0 Å². The molecular weight excluding hydrogens is 585 g/mol. The Kier molecular flexibility index (Phi) is 6.22. The monoisotopic (exact) mass is 610 g/mol. The van der Waals surface area contributed by atoms with Gasteiger partial charge in [-0.2, -0.15) is 5.26 Å². The number of nitrogens with zero attached hydrogens (tertiary/aromatic N) is 4. The molecule has 2 heterocycles. The van der Waals surface area contributed by atoms with Gasteiger partial charge in [-0.3, -0.25) is 0 Å². The first-order valence-corrected chi connectivity index (χ1v) is 15.9. The summed E-state index contributed by atoms with van der Waals surface area (Å²) in [7, 11) is 0. The molecule has 4 heteroatoms. The Morgan fingerprint density at radius 1 is 0.479 bits per heavy atom. The number of hydrogen-bond donors (Lipinski definition) is 0. The molecule has 0 saturated heterocycles. The molecule has 0 bridgehead atoms. The summed E-state index contributed by atoms with van der Waals surface area (Å²) >= 11 is 0. The van der Waals surface area contributed by atoms with E-state index >= 15 is 0 Å². The second kappa shape index (κ2) is 10.9. The Hall–Kier alpha value is -6.88. The number of aromatic nitrogens is 2. The van der Waals surface area contributed by atoms with E-state index in [1.807, 2.05) is 30.3 Å². The lowest BCUT2D eigenvalue weighted by molar-refractivity contribution is 1.18. The van der Waals surface area contributed by atoms with Crippen LogP contribution in [0, 0.1) is 17.9 Å². The lowest BCUT2D eigenvalue weighted by Gasteiger charge is -2.12. The number of nitriles is 1. The molecule has 9 rings (SSSR count). The quantitative estimate of drug-likeness (QED) is 0.183. The van der Waals surface area contributed by atoms with Gasteiger partial charge in [0, 0.05) is 27.5 Å². The highest BCUT2D eigenvalue weighted by molar-refractivity contribution is 6.16. The SMILES string of the molecule is [C-]#[N+]c1ccc2c(c1)c1ccccc1n2-c1cccc(-c2cccc3c2c2ccccc2n3-c2cccc(-c3cccc(C#N)c3)c2)c1. The molecule has 0 spiro atoms. The average molecular weight is 611 g/mol. The van der Waals surface area contributed by atoms with Crippen molar-refractivity contribution in [3.8, 4) is 39.7 Å². The Labute approximate surface area is 277 Å². The van der Waals surface area contributed by atoms with Gasteiger partial charge in [-0.1, -0.05) is 91.0 Å². The summed E-state index contributed by atoms with van der Waals surface area (Å²) in [5.74, 6) is 0. The van der Waals surface area contributed by atoms with Crippen molar-refractivity contribution in [2.45, 2.75) is 0 Å². The molecule has 222 valence electrons. The first-order chi connectivity index (χ1) is 23.7. The van der Waals surface area contributed by atoms with E-state index in [9.17, 15) is 5.26 Å². The van der Waals surface area contributed by atoms with Gasteiger partial charge in [0.05, 0.1) is 40.3 Å². The molecule has 0 fully saturated rings. The van der Waals surface area contributed by atoms with Crippen molar-refractivity contribution in [2.24, 2.45) is 0 Å². The van der Waals surface area contributed by atoms with E-state index in [0.29, 0.717) is 11.3 Å². The smallest absolute Gasteiger partial charge is 0.188 e. The number of rotatable bonds is 4. The summed E-state index contributed by atoms with van der Waals surface area (Å²) in [4.78, 5) is 3.70. The van der Waals surface area contributed by atoms with E-state index in [2.05, 4.69) is 147 Å². The molecule has 0 aliphatic carbocycles. The Morgan fingerprint density at radius 2 is 1.06 bits per heavy atom. The molecule has 0 unspecified atom stereocenters. The maximum atomic E-state index is 9.49. The second-order valence-electron chi connectivity index (χ2n) is 12.0. The molecule has 9 aromatic rings. The Morgan fingerprint density at radius 3 is 1.83 bits per heavy atom. The van der Waals surface area contributed by atoms with Crippen molar-refractivity contribution in [3.05, 3.63) is 175 Å². The van der Waals surface area contributed by atoms with Crippen LogP contribution in [-0.2, 0) is 0 Å². The molecule has 0 amide bonds. The van der Waals surface area contributed by atoms with Crippen molar-refractivity contribution in [1.29, 1.82) is 5.26 Å². The maximum Gasteiger partial charge on any atom is 0.188 e. The van der Waals surface area contributed by atoms with Crippen molar-refractivity contribution in [1.82, 2.24) is 9.13 Å². The minimum absolute atomic E-state index is 0.642. The van der Waals surface area contributed by atoms with Crippen LogP contribution in [0.2, 0.25) is 0 Å². The van der Waals surface area contributed by atoms with Gasteiger partial charge in [-0.25, -0.2) is 4.85 Å². The van der Waals surface area contributed by atoms with Gasteiger partial charge in [-0.05, 0) is 94.4 Å². The lowest BCUT2D eigenvalue weighted by atomic mass is 9.99. The van der Waals surface area contributed by atoms with Gasteiger partial charge < -0.3 is 9.13 Å². The van der Waals surface area contributed by atoms with Gasteiger partial charge in [0.1, 0.15) is 0 Å². The van der Waals surface area contributed by atoms with Gasteiger partial charge in [-0.15, -0.1) is 0 Å². The highest BCUT2D eigenvalue weighted by atomic mass is 15.0. The number of benzene rings is 7. The predicted octanol–water partition coefficient (Wildman–Crippen LogP) is 11.6. The first-order valence-electron chi connectivity index (χ1n) is 15.9. The minimum Gasteiger partial charge on any atom is -0.309 e. The predicted molar refractivity (Wildman–Crippen MR) is 197 cm³/mol. The van der Waals surface area contributed by atoms with Gasteiger partial charge in [0.15, 0.2) is 5.69 Å².